The number of nitrogens with one attached hydrogen (secondary N) is 3. The Morgan fingerprint density at radius 3 is 1.89 bits per heavy atom. The van der Waals surface area contributed by atoms with Crippen LogP contribution < -0.4 is 16.0 Å². The van der Waals surface area contributed by atoms with Gasteiger partial charge in [-0.15, -0.1) is 0 Å². The lowest BCUT2D eigenvalue weighted by Crippen LogP contribution is -2.58. The van der Waals surface area contributed by atoms with E-state index in [0.29, 0.717) is 6.42 Å². The number of rotatable bonds is 14. The second-order valence-corrected chi connectivity index (χ2v) is 11.1. The van der Waals surface area contributed by atoms with Crippen LogP contribution in [0.4, 0.5) is 4.79 Å². The van der Waals surface area contributed by atoms with Gasteiger partial charge < -0.3 is 30.9 Å². The maximum absolute atomic E-state index is 13.6. The predicted molar refractivity (Wildman–Crippen MR) is 165 cm³/mol. The average molecular weight is 616 g/mol. The molecule has 0 radical (unpaired) electrons. The van der Waals surface area contributed by atoms with Crippen molar-refractivity contribution in [2.75, 3.05) is 6.61 Å². The number of carbonyl (C=O) groups excluding carboxylic acids is 3. The number of carboxylic acids is 2. The van der Waals surface area contributed by atoms with Crippen LogP contribution in [-0.4, -0.2) is 64.8 Å². The minimum atomic E-state index is -1.68. The molecule has 0 saturated carbocycles. The highest BCUT2D eigenvalue weighted by atomic mass is 16.5. The summed E-state index contributed by atoms with van der Waals surface area (Å²) in [4.78, 5) is 62.6. The minimum Gasteiger partial charge on any atom is -0.481 e. The predicted octanol–water partition coefficient (Wildman–Crippen LogP) is 3.71. The molecule has 3 aromatic carbocycles. The molecule has 0 aromatic heterocycles. The smallest absolute Gasteiger partial charge is 0.407 e. The van der Waals surface area contributed by atoms with Gasteiger partial charge in [-0.3, -0.25) is 14.4 Å². The summed E-state index contributed by atoms with van der Waals surface area (Å²) < 4.78 is 5.66. The van der Waals surface area contributed by atoms with E-state index in [1.54, 1.807) is 38.1 Å². The molecule has 3 aromatic rings. The van der Waals surface area contributed by atoms with Crippen molar-refractivity contribution in [1.82, 2.24) is 16.0 Å². The SMILES string of the molecule is CC[C@H](C)[C@H](NC(=O)[C@H](Cc1ccccc1)NC(=O)OCC1c2ccccc2-c2ccccc21)C(=O)N[C@@H](CC(=O)O)C(=O)O. The maximum Gasteiger partial charge on any atom is 0.407 e. The third-order valence-corrected chi connectivity index (χ3v) is 8.02. The molecule has 1 aliphatic rings. The van der Waals surface area contributed by atoms with Crippen LogP contribution in [0.1, 0.15) is 49.3 Å². The summed E-state index contributed by atoms with van der Waals surface area (Å²) in [6.07, 6.45) is -1.12. The van der Waals surface area contributed by atoms with Gasteiger partial charge in [-0.2, -0.15) is 0 Å². The molecule has 0 bridgehead atoms. The summed E-state index contributed by atoms with van der Waals surface area (Å²) in [7, 11) is 0. The molecule has 0 aliphatic heterocycles. The van der Waals surface area contributed by atoms with Gasteiger partial charge in [0.2, 0.25) is 11.8 Å². The minimum absolute atomic E-state index is 0.0393. The molecule has 45 heavy (non-hydrogen) atoms. The Balaban J connectivity index is 1.49. The fourth-order valence-corrected chi connectivity index (χ4v) is 5.43. The van der Waals surface area contributed by atoms with Crippen molar-refractivity contribution in [1.29, 1.82) is 0 Å². The second-order valence-electron chi connectivity index (χ2n) is 11.1. The fraction of sp³-hybridized carbons (Fsp3) is 0.324. The van der Waals surface area contributed by atoms with Crippen molar-refractivity contribution in [2.24, 2.45) is 5.92 Å². The number of aliphatic carboxylic acids is 2. The number of ether oxygens (including phenoxy) is 1. The summed E-state index contributed by atoms with van der Waals surface area (Å²) in [6, 6.07) is 20.8. The number of carbonyl (C=O) groups is 5. The zero-order chi connectivity index (χ0) is 32.5. The Morgan fingerprint density at radius 1 is 0.756 bits per heavy atom. The van der Waals surface area contributed by atoms with E-state index >= 15 is 0 Å². The first-order valence-corrected chi connectivity index (χ1v) is 14.8. The molecule has 0 spiro atoms. The number of alkyl carbamates (subject to hydrolysis) is 1. The largest absolute Gasteiger partial charge is 0.481 e. The number of fused-ring (bicyclic) bond motifs is 3. The molecule has 11 nitrogen and oxygen atoms in total. The Kier molecular flexibility index (Phi) is 10.9. The van der Waals surface area contributed by atoms with Crippen molar-refractivity contribution >= 4 is 29.8 Å². The van der Waals surface area contributed by atoms with E-state index in [4.69, 9.17) is 9.84 Å². The molecule has 0 fully saturated rings. The Morgan fingerprint density at radius 2 is 1.33 bits per heavy atom. The van der Waals surface area contributed by atoms with Gasteiger partial charge in [0.1, 0.15) is 24.7 Å². The van der Waals surface area contributed by atoms with Crippen molar-refractivity contribution in [3.8, 4) is 11.1 Å². The highest BCUT2D eigenvalue weighted by molar-refractivity contribution is 5.94. The van der Waals surface area contributed by atoms with Gasteiger partial charge in [0.15, 0.2) is 0 Å². The Bertz CT molecular complexity index is 1500. The zero-order valence-corrected chi connectivity index (χ0v) is 25.1. The van der Waals surface area contributed by atoms with E-state index in [1.165, 1.54) is 0 Å². The van der Waals surface area contributed by atoms with Gasteiger partial charge in [-0.1, -0.05) is 99.1 Å². The summed E-state index contributed by atoms with van der Waals surface area (Å²) in [5.74, 6) is -5.07. The van der Waals surface area contributed by atoms with E-state index in [1.807, 2.05) is 54.6 Å². The van der Waals surface area contributed by atoms with Crippen LogP contribution in [-0.2, 0) is 30.3 Å². The lowest BCUT2D eigenvalue weighted by molar-refractivity contribution is -0.147. The molecule has 0 saturated heterocycles. The average Bonchev–Trinajstić information content (AvgIpc) is 3.35. The lowest BCUT2D eigenvalue weighted by atomic mass is 9.96. The summed E-state index contributed by atoms with van der Waals surface area (Å²) in [5.41, 5.74) is 4.97. The Labute approximate surface area is 261 Å². The van der Waals surface area contributed by atoms with Crippen LogP contribution in [0.15, 0.2) is 78.9 Å². The van der Waals surface area contributed by atoms with Gasteiger partial charge in [0, 0.05) is 12.3 Å². The van der Waals surface area contributed by atoms with Crippen molar-refractivity contribution in [3.05, 3.63) is 95.6 Å². The van der Waals surface area contributed by atoms with Gasteiger partial charge in [0.25, 0.3) is 0 Å². The highest BCUT2D eigenvalue weighted by Gasteiger charge is 2.34. The number of benzene rings is 3. The van der Waals surface area contributed by atoms with Gasteiger partial charge >= 0.3 is 18.0 Å². The van der Waals surface area contributed by atoms with Crippen LogP contribution in [0.5, 0.6) is 0 Å². The number of hydrogen-bond acceptors (Lipinski definition) is 6. The third-order valence-electron chi connectivity index (χ3n) is 8.02. The molecule has 0 unspecified atom stereocenters. The number of hydrogen-bond donors (Lipinski definition) is 5. The van der Waals surface area contributed by atoms with Gasteiger partial charge in [-0.05, 0) is 33.7 Å². The quantitative estimate of drug-likeness (QED) is 0.183. The fourth-order valence-electron chi connectivity index (χ4n) is 5.43. The first kappa shape index (κ1) is 32.7. The highest BCUT2D eigenvalue weighted by Crippen LogP contribution is 2.44. The third kappa shape index (κ3) is 8.26. The summed E-state index contributed by atoms with van der Waals surface area (Å²) >= 11 is 0. The van der Waals surface area contributed by atoms with E-state index in [0.717, 1.165) is 27.8 Å². The first-order valence-electron chi connectivity index (χ1n) is 14.8. The molecule has 236 valence electrons. The van der Waals surface area contributed by atoms with Crippen LogP contribution in [0.25, 0.3) is 11.1 Å². The molecule has 4 rings (SSSR count). The van der Waals surface area contributed by atoms with Crippen LogP contribution in [0.3, 0.4) is 0 Å². The van der Waals surface area contributed by atoms with Crippen molar-refractivity contribution in [3.63, 3.8) is 0 Å². The molecular formula is C34H37N3O8. The number of amides is 3. The van der Waals surface area contributed by atoms with E-state index in [9.17, 15) is 29.1 Å². The molecular weight excluding hydrogens is 578 g/mol. The molecule has 1 aliphatic carbocycles. The molecule has 3 amide bonds. The normalized spacial score (nSPS) is 14.5. The maximum atomic E-state index is 13.6. The summed E-state index contributed by atoms with van der Waals surface area (Å²) in [6.45, 7) is 3.53. The van der Waals surface area contributed by atoms with Crippen LogP contribution in [0, 0.1) is 5.92 Å². The van der Waals surface area contributed by atoms with Gasteiger partial charge in [-0.25, -0.2) is 9.59 Å². The molecule has 4 atom stereocenters. The molecule has 11 heteroatoms. The lowest BCUT2D eigenvalue weighted by Gasteiger charge is -2.27. The van der Waals surface area contributed by atoms with Gasteiger partial charge in [0.05, 0.1) is 6.42 Å². The van der Waals surface area contributed by atoms with E-state index < -0.39 is 60.3 Å². The molecule has 0 heterocycles. The van der Waals surface area contributed by atoms with E-state index in [2.05, 4.69) is 16.0 Å². The Hall–Kier alpha value is -5.19. The van der Waals surface area contributed by atoms with Crippen molar-refractivity contribution < 1.29 is 38.9 Å². The summed E-state index contributed by atoms with van der Waals surface area (Å²) in [5, 5.41) is 26.0. The van der Waals surface area contributed by atoms with Crippen LogP contribution >= 0.6 is 0 Å². The zero-order valence-electron chi connectivity index (χ0n) is 25.1. The topological polar surface area (TPSA) is 171 Å². The first-order chi connectivity index (χ1) is 21.6. The van der Waals surface area contributed by atoms with Crippen molar-refractivity contribution in [2.45, 2.75) is 57.2 Å². The molecule has 5 N–H and O–H groups in total. The second kappa shape index (κ2) is 15.0. The number of carboxylic acid groups (broad SMARTS) is 2. The van der Waals surface area contributed by atoms with E-state index in [-0.39, 0.29) is 18.9 Å². The standard InChI is InChI=1S/C34H37N3O8/c1-3-20(2)30(32(41)35-28(33(42)43)18-29(38)39)37-31(40)27(17-21-11-5-4-6-12-21)36-34(44)45-19-26-24-15-9-7-13-22(24)23-14-8-10-16-25(23)26/h4-16,20,26-28,30H,3,17-19H2,1-2H3,(H,35,41)(H,36,44)(H,37,40)(H,38,39)(H,42,43)/t20-,27-,28-,30-/m0/s1. The van der Waals surface area contributed by atoms with Crippen LogP contribution in [0.2, 0.25) is 0 Å². The monoisotopic (exact) mass is 615 g/mol.